The van der Waals surface area contributed by atoms with E-state index in [0.29, 0.717) is 23.2 Å². The van der Waals surface area contributed by atoms with E-state index < -0.39 is 5.91 Å². The minimum absolute atomic E-state index is 0.329. The van der Waals surface area contributed by atoms with E-state index in [-0.39, 0.29) is 5.82 Å². The van der Waals surface area contributed by atoms with Gasteiger partial charge in [-0.3, -0.25) is 14.2 Å². The van der Waals surface area contributed by atoms with Crippen molar-refractivity contribution in [2.45, 2.75) is 6.54 Å². The topological polar surface area (TPSA) is 78.2 Å². The van der Waals surface area contributed by atoms with Crippen LogP contribution in [-0.2, 0) is 6.54 Å². The molecule has 0 bridgehead atoms. The van der Waals surface area contributed by atoms with Gasteiger partial charge in [-0.25, -0.2) is 9.37 Å². The van der Waals surface area contributed by atoms with Crippen molar-refractivity contribution >= 4 is 33.5 Å². The average molecular weight is 435 g/mol. The van der Waals surface area contributed by atoms with Crippen molar-refractivity contribution in [3.05, 3.63) is 102 Å². The first kappa shape index (κ1) is 19.2. The number of imidazole rings is 1. The van der Waals surface area contributed by atoms with Crippen molar-refractivity contribution in [3.8, 4) is 11.1 Å². The molecule has 0 saturated heterocycles. The summed E-state index contributed by atoms with van der Waals surface area (Å²) in [4.78, 5) is 21.5. The van der Waals surface area contributed by atoms with Gasteiger partial charge in [0.15, 0.2) is 0 Å². The molecule has 7 heteroatoms. The molecule has 0 fully saturated rings. The van der Waals surface area contributed by atoms with Crippen LogP contribution in [0.1, 0.15) is 16.1 Å². The molecule has 160 valence electrons. The molecule has 4 heterocycles. The fourth-order valence-corrected chi connectivity index (χ4v) is 4.53. The standard InChI is InChI=1S/C26H18FN5O/c27-18-5-7-21-19(14-18)24(25(26(28)33)32(21)15-16-8-10-29-11-9-16)17-4-6-22-20(13-17)30-23-3-1-2-12-31(22)23/h1-14H,15H2,(H2,28,33). The molecule has 0 radical (unpaired) electrons. The van der Waals surface area contributed by atoms with Crippen LogP contribution in [0.15, 0.2) is 85.3 Å². The maximum Gasteiger partial charge on any atom is 0.266 e. The molecule has 0 aliphatic carbocycles. The zero-order valence-electron chi connectivity index (χ0n) is 17.4. The number of pyridine rings is 2. The number of benzene rings is 2. The molecule has 2 N–H and O–H groups in total. The molecule has 0 atom stereocenters. The second-order valence-electron chi connectivity index (χ2n) is 7.94. The number of halogens is 1. The Labute approximate surface area is 187 Å². The molecule has 6 rings (SSSR count). The van der Waals surface area contributed by atoms with Gasteiger partial charge in [-0.1, -0.05) is 12.1 Å². The Morgan fingerprint density at radius 1 is 0.970 bits per heavy atom. The summed E-state index contributed by atoms with van der Waals surface area (Å²) >= 11 is 0. The summed E-state index contributed by atoms with van der Waals surface area (Å²) in [6.45, 7) is 0.402. The Morgan fingerprint density at radius 2 is 1.79 bits per heavy atom. The van der Waals surface area contributed by atoms with Crippen molar-refractivity contribution < 1.29 is 9.18 Å². The van der Waals surface area contributed by atoms with Gasteiger partial charge in [0.25, 0.3) is 5.91 Å². The Kier molecular flexibility index (Phi) is 4.23. The molecule has 0 unspecified atom stereocenters. The Balaban J connectivity index is 1.65. The highest BCUT2D eigenvalue weighted by Crippen LogP contribution is 2.37. The third-order valence-corrected chi connectivity index (χ3v) is 5.95. The molecule has 4 aromatic heterocycles. The average Bonchev–Trinajstić information content (AvgIpc) is 3.34. The molecule has 0 aliphatic rings. The quantitative estimate of drug-likeness (QED) is 0.432. The molecule has 6 nitrogen and oxygen atoms in total. The monoisotopic (exact) mass is 435 g/mol. The predicted octanol–water partition coefficient (Wildman–Crippen LogP) is 4.79. The SMILES string of the molecule is NC(=O)c1c(-c2ccc3c(c2)nc2ccccn23)c2cc(F)ccc2n1Cc1ccncc1. The van der Waals surface area contributed by atoms with Crippen LogP contribution in [0.2, 0.25) is 0 Å². The third kappa shape index (κ3) is 3.05. The fourth-order valence-electron chi connectivity index (χ4n) is 4.53. The van der Waals surface area contributed by atoms with Crippen LogP contribution in [0.25, 0.3) is 38.7 Å². The largest absolute Gasteiger partial charge is 0.364 e. The summed E-state index contributed by atoms with van der Waals surface area (Å²) in [5, 5.41) is 0.626. The zero-order valence-corrected chi connectivity index (χ0v) is 17.4. The van der Waals surface area contributed by atoms with Crippen LogP contribution in [-0.4, -0.2) is 24.8 Å². The molecule has 0 spiro atoms. The number of primary amides is 1. The molecule has 33 heavy (non-hydrogen) atoms. The highest BCUT2D eigenvalue weighted by molar-refractivity contribution is 6.10. The van der Waals surface area contributed by atoms with Crippen molar-refractivity contribution in [2.75, 3.05) is 0 Å². The summed E-state index contributed by atoms with van der Waals surface area (Å²) in [7, 11) is 0. The Bertz CT molecular complexity index is 1680. The number of amides is 1. The van der Waals surface area contributed by atoms with E-state index in [1.54, 1.807) is 18.5 Å². The van der Waals surface area contributed by atoms with Gasteiger partial charge in [0.2, 0.25) is 0 Å². The number of carbonyl (C=O) groups is 1. The Hall–Kier alpha value is -4.52. The number of nitrogens with zero attached hydrogens (tertiary/aromatic N) is 4. The summed E-state index contributed by atoms with van der Waals surface area (Å²) < 4.78 is 18.2. The minimum Gasteiger partial charge on any atom is -0.364 e. The van der Waals surface area contributed by atoms with Crippen LogP contribution in [0.3, 0.4) is 0 Å². The first-order chi connectivity index (χ1) is 16.1. The van der Waals surface area contributed by atoms with Gasteiger partial charge >= 0.3 is 0 Å². The number of carbonyl (C=O) groups excluding carboxylic acids is 1. The number of hydrogen-bond acceptors (Lipinski definition) is 3. The molecular weight excluding hydrogens is 417 g/mol. The molecule has 0 saturated carbocycles. The van der Waals surface area contributed by atoms with Crippen molar-refractivity contribution in [3.63, 3.8) is 0 Å². The molecule has 1 amide bonds. The number of rotatable bonds is 4. The van der Waals surface area contributed by atoms with E-state index in [0.717, 1.165) is 33.3 Å². The smallest absolute Gasteiger partial charge is 0.266 e. The summed E-state index contributed by atoms with van der Waals surface area (Å²) in [6.07, 6.45) is 5.35. The molecule has 2 aromatic carbocycles. The van der Waals surface area contributed by atoms with Gasteiger partial charge in [-0.15, -0.1) is 0 Å². The lowest BCUT2D eigenvalue weighted by molar-refractivity contribution is 0.0993. The first-order valence-corrected chi connectivity index (χ1v) is 10.5. The van der Waals surface area contributed by atoms with Gasteiger partial charge in [-0.05, 0) is 65.7 Å². The number of aromatic nitrogens is 4. The van der Waals surface area contributed by atoms with E-state index in [9.17, 15) is 9.18 Å². The van der Waals surface area contributed by atoms with Crippen LogP contribution in [0.4, 0.5) is 4.39 Å². The van der Waals surface area contributed by atoms with Crippen LogP contribution in [0, 0.1) is 5.82 Å². The second kappa shape index (κ2) is 7.27. The number of nitrogens with two attached hydrogens (primary N) is 1. The zero-order chi connectivity index (χ0) is 22.5. The molecule has 6 aromatic rings. The van der Waals surface area contributed by atoms with E-state index in [1.807, 2.05) is 63.7 Å². The van der Waals surface area contributed by atoms with Crippen LogP contribution >= 0.6 is 0 Å². The Morgan fingerprint density at radius 3 is 2.61 bits per heavy atom. The lowest BCUT2D eigenvalue weighted by atomic mass is 10.0. The maximum absolute atomic E-state index is 14.3. The lowest BCUT2D eigenvalue weighted by Crippen LogP contribution is -2.18. The highest BCUT2D eigenvalue weighted by atomic mass is 19.1. The molecule has 0 aliphatic heterocycles. The summed E-state index contributed by atoms with van der Waals surface area (Å²) in [6, 6.07) is 19.9. The third-order valence-electron chi connectivity index (χ3n) is 5.95. The van der Waals surface area contributed by atoms with Crippen LogP contribution in [0.5, 0.6) is 0 Å². The van der Waals surface area contributed by atoms with Crippen molar-refractivity contribution in [1.29, 1.82) is 0 Å². The minimum atomic E-state index is -0.578. The summed E-state index contributed by atoms with van der Waals surface area (Å²) in [5.74, 6) is -0.958. The fraction of sp³-hybridized carbons (Fsp3) is 0.0385. The van der Waals surface area contributed by atoms with Crippen molar-refractivity contribution in [2.24, 2.45) is 5.73 Å². The van der Waals surface area contributed by atoms with Crippen LogP contribution < -0.4 is 5.73 Å². The second-order valence-corrected chi connectivity index (χ2v) is 7.94. The van der Waals surface area contributed by atoms with Gasteiger partial charge in [0.05, 0.1) is 11.0 Å². The highest BCUT2D eigenvalue weighted by Gasteiger charge is 2.23. The number of hydrogen-bond donors (Lipinski definition) is 1. The van der Waals surface area contributed by atoms with E-state index in [1.165, 1.54) is 12.1 Å². The van der Waals surface area contributed by atoms with E-state index >= 15 is 0 Å². The lowest BCUT2D eigenvalue weighted by Gasteiger charge is -2.10. The van der Waals surface area contributed by atoms with Gasteiger partial charge in [-0.2, -0.15) is 0 Å². The van der Waals surface area contributed by atoms with E-state index in [2.05, 4.69) is 4.98 Å². The number of fused-ring (bicyclic) bond motifs is 4. The first-order valence-electron chi connectivity index (χ1n) is 10.5. The summed E-state index contributed by atoms with van der Waals surface area (Å²) in [5.41, 5.74) is 11.8. The van der Waals surface area contributed by atoms with Crippen molar-refractivity contribution in [1.82, 2.24) is 18.9 Å². The van der Waals surface area contributed by atoms with Gasteiger partial charge in [0, 0.05) is 41.6 Å². The molecular formula is C26H18FN5O. The van der Waals surface area contributed by atoms with E-state index in [4.69, 9.17) is 10.7 Å². The predicted molar refractivity (Wildman–Crippen MR) is 125 cm³/mol. The van der Waals surface area contributed by atoms with Gasteiger partial charge < -0.3 is 10.3 Å². The normalized spacial score (nSPS) is 11.5. The van der Waals surface area contributed by atoms with Gasteiger partial charge in [0.1, 0.15) is 17.2 Å². The maximum atomic E-state index is 14.3.